The predicted molar refractivity (Wildman–Crippen MR) is 113 cm³/mol. The zero-order valence-corrected chi connectivity index (χ0v) is 17.1. The van der Waals surface area contributed by atoms with Gasteiger partial charge in [-0.2, -0.15) is 10.2 Å². The van der Waals surface area contributed by atoms with Crippen LogP contribution in [0.1, 0.15) is 37.9 Å². The van der Waals surface area contributed by atoms with Crippen LogP contribution in [0.5, 0.6) is 5.88 Å². The number of hydrogen-bond acceptors (Lipinski definition) is 6. The minimum absolute atomic E-state index is 0.255. The van der Waals surface area contributed by atoms with E-state index in [0.717, 1.165) is 39.1 Å². The molecule has 0 aliphatic heterocycles. The third-order valence-electron chi connectivity index (χ3n) is 4.79. The molecule has 0 atom stereocenters. The Morgan fingerprint density at radius 2 is 2.07 bits per heavy atom. The van der Waals surface area contributed by atoms with Gasteiger partial charge in [-0.05, 0) is 25.0 Å². The van der Waals surface area contributed by atoms with Crippen molar-refractivity contribution in [1.82, 2.24) is 29.9 Å². The molecule has 0 bridgehead atoms. The highest BCUT2D eigenvalue weighted by molar-refractivity contribution is 6.00. The molecule has 0 saturated carbocycles. The standard InChI is InChI=1S/C21H25N7O/c1-5-29-21-15(7-6-8-22-21)16-12-24-20-17(18(13(2)3)27-28(20)4)19(16)23-9-14-10-25-26-11-14/h6-8,10-13H,5,9H2,1-4H3,(H,23,24)(H,25,26). The lowest BCUT2D eigenvalue weighted by Crippen LogP contribution is -2.04. The summed E-state index contributed by atoms with van der Waals surface area (Å²) in [5.41, 5.74) is 5.72. The topological polar surface area (TPSA) is 93.5 Å². The Kier molecular flexibility index (Phi) is 5.16. The lowest BCUT2D eigenvalue weighted by atomic mass is 10.0. The Morgan fingerprint density at radius 3 is 2.79 bits per heavy atom. The van der Waals surface area contributed by atoms with E-state index >= 15 is 0 Å². The Balaban J connectivity index is 1.94. The maximum Gasteiger partial charge on any atom is 0.221 e. The molecule has 0 aliphatic rings. The zero-order valence-electron chi connectivity index (χ0n) is 17.1. The summed E-state index contributed by atoms with van der Waals surface area (Å²) in [7, 11) is 1.93. The van der Waals surface area contributed by atoms with Gasteiger partial charge in [-0.1, -0.05) is 13.8 Å². The van der Waals surface area contributed by atoms with Gasteiger partial charge in [-0.15, -0.1) is 0 Å². The fourth-order valence-electron chi connectivity index (χ4n) is 3.45. The Morgan fingerprint density at radius 1 is 1.21 bits per heavy atom. The predicted octanol–water partition coefficient (Wildman–Crippen LogP) is 3.89. The van der Waals surface area contributed by atoms with Crippen molar-refractivity contribution in [2.45, 2.75) is 33.2 Å². The molecule has 8 nitrogen and oxygen atoms in total. The van der Waals surface area contributed by atoms with Crippen molar-refractivity contribution in [3.8, 4) is 17.0 Å². The smallest absolute Gasteiger partial charge is 0.221 e. The third kappa shape index (κ3) is 3.53. The summed E-state index contributed by atoms with van der Waals surface area (Å²) < 4.78 is 7.63. The van der Waals surface area contributed by atoms with Gasteiger partial charge in [0, 0.05) is 48.9 Å². The van der Waals surface area contributed by atoms with Gasteiger partial charge < -0.3 is 10.1 Å². The summed E-state index contributed by atoms with van der Waals surface area (Å²) in [4.78, 5) is 9.15. The second-order valence-electron chi connectivity index (χ2n) is 7.16. The number of ether oxygens (including phenoxy) is 1. The number of nitrogens with one attached hydrogen (secondary N) is 2. The van der Waals surface area contributed by atoms with Crippen molar-refractivity contribution >= 4 is 16.7 Å². The van der Waals surface area contributed by atoms with Crippen molar-refractivity contribution in [1.29, 1.82) is 0 Å². The summed E-state index contributed by atoms with van der Waals surface area (Å²) in [5.74, 6) is 0.850. The normalized spacial score (nSPS) is 11.3. The summed E-state index contributed by atoms with van der Waals surface area (Å²) in [6, 6.07) is 3.92. The summed E-state index contributed by atoms with van der Waals surface area (Å²) >= 11 is 0. The van der Waals surface area contributed by atoms with Crippen LogP contribution in [0.25, 0.3) is 22.2 Å². The van der Waals surface area contributed by atoms with Crippen LogP contribution in [-0.4, -0.2) is 36.6 Å². The van der Waals surface area contributed by atoms with Gasteiger partial charge in [0.25, 0.3) is 0 Å². The first-order valence-electron chi connectivity index (χ1n) is 9.75. The number of rotatable bonds is 7. The van der Waals surface area contributed by atoms with E-state index in [-0.39, 0.29) is 5.92 Å². The molecule has 4 aromatic heterocycles. The van der Waals surface area contributed by atoms with E-state index < -0.39 is 0 Å². The Bertz CT molecular complexity index is 1120. The second-order valence-corrected chi connectivity index (χ2v) is 7.16. The first-order chi connectivity index (χ1) is 14.1. The lowest BCUT2D eigenvalue weighted by Gasteiger charge is -2.16. The number of pyridine rings is 2. The second kappa shape index (κ2) is 7.90. The molecule has 0 aromatic carbocycles. The molecule has 0 saturated heterocycles. The van der Waals surface area contributed by atoms with Crippen LogP contribution in [0, 0.1) is 0 Å². The van der Waals surface area contributed by atoms with Crippen molar-refractivity contribution in [3.05, 3.63) is 48.2 Å². The quantitative estimate of drug-likeness (QED) is 0.496. The summed E-state index contributed by atoms with van der Waals surface area (Å²) in [5, 5.41) is 16.3. The Hall–Kier alpha value is -3.42. The molecule has 150 valence electrons. The van der Waals surface area contributed by atoms with E-state index in [1.165, 1.54) is 0 Å². The van der Waals surface area contributed by atoms with Crippen LogP contribution in [0.15, 0.2) is 36.9 Å². The zero-order chi connectivity index (χ0) is 20.4. The van der Waals surface area contributed by atoms with E-state index in [2.05, 4.69) is 34.3 Å². The monoisotopic (exact) mass is 391 g/mol. The van der Waals surface area contributed by atoms with Gasteiger partial charge in [-0.25, -0.2) is 9.97 Å². The number of aryl methyl sites for hydroxylation is 1. The van der Waals surface area contributed by atoms with Gasteiger partial charge in [0.15, 0.2) is 5.65 Å². The SMILES string of the molecule is CCOc1ncccc1-c1cnc2c(c(C(C)C)nn2C)c1NCc1cn[nH]c1. The van der Waals surface area contributed by atoms with E-state index in [1.54, 1.807) is 6.20 Å². The van der Waals surface area contributed by atoms with Crippen LogP contribution < -0.4 is 10.1 Å². The molecule has 0 aliphatic carbocycles. The van der Waals surface area contributed by atoms with Gasteiger partial charge in [-0.3, -0.25) is 9.78 Å². The number of hydrogen-bond donors (Lipinski definition) is 2. The molecule has 0 amide bonds. The van der Waals surface area contributed by atoms with Crippen molar-refractivity contribution in [2.24, 2.45) is 7.05 Å². The molecule has 0 fully saturated rings. The van der Waals surface area contributed by atoms with Crippen LogP contribution >= 0.6 is 0 Å². The first-order valence-corrected chi connectivity index (χ1v) is 9.75. The van der Waals surface area contributed by atoms with Crippen molar-refractivity contribution in [2.75, 3.05) is 11.9 Å². The van der Waals surface area contributed by atoms with Crippen molar-refractivity contribution < 1.29 is 4.74 Å². The highest BCUT2D eigenvalue weighted by Gasteiger charge is 2.22. The van der Waals surface area contributed by atoms with Crippen LogP contribution in [0.2, 0.25) is 0 Å². The minimum Gasteiger partial charge on any atom is -0.478 e. The summed E-state index contributed by atoms with van der Waals surface area (Å²) in [6.45, 7) is 7.41. The molecule has 4 aromatic rings. The molecule has 4 rings (SSSR count). The van der Waals surface area contributed by atoms with Crippen LogP contribution in [-0.2, 0) is 13.6 Å². The number of H-pyrrole nitrogens is 1. The minimum atomic E-state index is 0.255. The first kappa shape index (κ1) is 18.9. The number of aromatic amines is 1. The fraction of sp³-hybridized carbons (Fsp3) is 0.333. The Labute approximate surface area is 169 Å². The average molecular weight is 391 g/mol. The van der Waals surface area contributed by atoms with Gasteiger partial charge in [0.05, 0.1) is 29.6 Å². The molecule has 0 spiro atoms. The lowest BCUT2D eigenvalue weighted by molar-refractivity contribution is 0.328. The highest BCUT2D eigenvalue weighted by Crippen LogP contribution is 2.40. The molecule has 8 heteroatoms. The largest absolute Gasteiger partial charge is 0.478 e. The van der Waals surface area contributed by atoms with Gasteiger partial charge >= 0.3 is 0 Å². The molecular weight excluding hydrogens is 366 g/mol. The molecule has 0 radical (unpaired) electrons. The maximum atomic E-state index is 5.79. The van der Waals surface area contributed by atoms with Crippen LogP contribution in [0.4, 0.5) is 5.69 Å². The molecular formula is C21H25N7O. The van der Waals surface area contributed by atoms with Crippen LogP contribution in [0.3, 0.4) is 0 Å². The number of fused-ring (bicyclic) bond motifs is 1. The molecule has 0 unspecified atom stereocenters. The highest BCUT2D eigenvalue weighted by atomic mass is 16.5. The van der Waals surface area contributed by atoms with E-state index in [0.29, 0.717) is 19.0 Å². The number of anilines is 1. The fourth-order valence-corrected chi connectivity index (χ4v) is 3.45. The van der Waals surface area contributed by atoms with E-state index in [1.807, 2.05) is 49.4 Å². The molecule has 29 heavy (non-hydrogen) atoms. The van der Waals surface area contributed by atoms with Gasteiger partial charge in [0.1, 0.15) is 0 Å². The molecule has 4 heterocycles. The molecule has 2 N–H and O–H groups in total. The van der Waals surface area contributed by atoms with E-state index in [9.17, 15) is 0 Å². The van der Waals surface area contributed by atoms with Gasteiger partial charge in [0.2, 0.25) is 5.88 Å². The average Bonchev–Trinajstić information content (AvgIpc) is 3.35. The third-order valence-corrected chi connectivity index (χ3v) is 4.79. The van der Waals surface area contributed by atoms with E-state index in [4.69, 9.17) is 14.8 Å². The number of aromatic nitrogens is 6. The van der Waals surface area contributed by atoms with Crippen molar-refractivity contribution in [3.63, 3.8) is 0 Å². The number of nitrogens with zero attached hydrogens (tertiary/aromatic N) is 5. The maximum absolute atomic E-state index is 5.79. The summed E-state index contributed by atoms with van der Waals surface area (Å²) in [6.07, 6.45) is 7.30.